The Morgan fingerprint density at radius 3 is 2.87 bits per heavy atom. The van der Waals surface area contributed by atoms with Crippen LogP contribution in [0.15, 0.2) is 63.0 Å². The molecule has 2 aromatic rings. The van der Waals surface area contributed by atoms with Gasteiger partial charge in [-0.2, -0.15) is 14.9 Å². The molecular formula is C17H17BrN4O. The predicted octanol–water partition coefficient (Wildman–Crippen LogP) is 3.75. The Labute approximate surface area is 142 Å². The molecule has 6 heteroatoms. The van der Waals surface area contributed by atoms with Gasteiger partial charge in [0, 0.05) is 6.21 Å². The van der Waals surface area contributed by atoms with E-state index in [1.807, 2.05) is 36.5 Å². The molecule has 1 aliphatic carbocycles. The number of aromatic nitrogens is 2. The number of hydrogen-bond acceptors (Lipinski definition) is 4. The van der Waals surface area contributed by atoms with E-state index < -0.39 is 0 Å². The number of hydrazone groups is 1. The molecule has 0 aliphatic heterocycles. The maximum absolute atomic E-state index is 12.4. The fraction of sp³-hybridized carbons (Fsp3) is 0.235. The van der Waals surface area contributed by atoms with Gasteiger partial charge in [-0.05, 0) is 53.2 Å². The van der Waals surface area contributed by atoms with Crippen molar-refractivity contribution in [2.75, 3.05) is 5.43 Å². The zero-order chi connectivity index (χ0) is 16.1. The van der Waals surface area contributed by atoms with Crippen LogP contribution in [-0.4, -0.2) is 16.0 Å². The van der Waals surface area contributed by atoms with Crippen molar-refractivity contribution < 1.29 is 0 Å². The average Bonchev–Trinajstić information content (AvgIpc) is 2.60. The van der Waals surface area contributed by atoms with E-state index in [0.29, 0.717) is 16.1 Å². The number of hydrogen-bond donors (Lipinski definition) is 1. The van der Waals surface area contributed by atoms with E-state index in [1.54, 1.807) is 6.20 Å². The van der Waals surface area contributed by atoms with Crippen LogP contribution in [0.1, 0.15) is 19.3 Å². The lowest BCUT2D eigenvalue weighted by Crippen LogP contribution is -2.22. The van der Waals surface area contributed by atoms with Crippen LogP contribution in [0.3, 0.4) is 0 Å². The van der Waals surface area contributed by atoms with Crippen molar-refractivity contribution in [2.45, 2.75) is 19.3 Å². The smallest absolute Gasteiger partial charge is 0.276 e. The fourth-order valence-corrected chi connectivity index (χ4v) is 2.79. The van der Waals surface area contributed by atoms with Crippen molar-refractivity contribution in [3.63, 3.8) is 0 Å². The van der Waals surface area contributed by atoms with Crippen molar-refractivity contribution in [3.05, 3.63) is 63.5 Å². The number of halogens is 1. The molecule has 0 saturated carbocycles. The van der Waals surface area contributed by atoms with Crippen molar-refractivity contribution in [2.24, 2.45) is 11.0 Å². The standard InChI is InChI=1S/C17H17BrN4O/c18-16-15(21-19-11-13-7-3-1-4-8-13)12-20-22(17(16)23)14-9-5-2-6-10-14/h1-3,5-6,9-13,21H,4,7-8H2/t13-/m0/s1. The summed E-state index contributed by atoms with van der Waals surface area (Å²) in [6, 6.07) is 9.30. The van der Waals surface area contributed by atoms with Crippen LogP contribution in [0.25, 0.3) is 5.69 Å². The summed E-state index contributed by atoms with van der Waals surface area (Å²) < 4.78 is 1.77. The lowest BCUT2D eigenvalue weighted by atomic mass is 9.96. The zero-order valence-corrected chi connectivity index (χ0v) is 14.1. The summed E-state index contributed by atoms with van der Waals surface area (Å²) in [6.45, 7) is 0. The highest BCUT2D eigenvalue weighted by atomic mass is 79.9. The van der Waals surface area contributed by atoms with Gasteiger partial charge in [0.25, 0.3) is 5.56 Å². The molecule has 0 radical (unpaired) electrons. The Morgan fingerprint density at radius 1 is 1.30 bits per heavy atom. The Kier molecular flexibility index (Phi) is 5.02. The average molecular weight is 373 g/mol. The molecular weight excluding hydrogens is 356 g/mol. The molecule has 0 spiro atoms. The number of benzene rings is 1. The fourth-order valence-electron chi connectivity index (χ4n) is 2.43. The van der Waals surface area contributed by atoms with E-state index in [2.05, 4.69) is 43.7 Å². The molecule has 1 N–H and O–H groups in total. The molecule has 23 heavy (non-hydrogen) atoms. The highest BCUT2D eigenvalue weighted by Gasteiger charge is 2.10. The third kappa shape index (κ3) is 3.76. The molecule has 1 heterocycles. The van der Waals surface area contributed by atoms with Gasteiger partial charge in [-0.3, -0.25) is 10.2 Å². The van der Waals surface area contributed by atoms with Crippen molar-refractivity contribution >= 4 is 27.8 Å². The molecule has 0 unspecified atom stereocenters. The summed E-state index contributed by atoms with van der Waals surface area (Å²) in [4.78, 5) is 12.4. The summed E-state index contributed by atoms with van der Waals surface area (Å²) >= 11 is 3.33. The number of nitrogens with zero attached hydrogens (tertiary/aromatic N) is 3. The molecule has 0 saturated heterocycles. The van der Waals surface area contributed by atoms with Gasteiger partial charge in [-0.25, -0.2) is 0 Å². The van der Waals surface area contributed by atoms with Crippen LogP contribution in [0.4, 0.5) is 5.69 Å². The highest BCUT2D eigenvalue weighted by Crippen LogP contribution is 2.19. The van der Waals surface area contributed by atoms with Crippen LogP contribution in [-0.2, 0) is 0 Å². The molecule has 0 amide bonds. The summed E-state index contributed by atoms with van der Waals surface area (Å²) in [5, 5.41) is 8.44. The van der Waals surface area contributed by atoms with E-state index >= 15 is 0 Å². The van der Waals surface area contributed by atoms with Gasteiger partial charge >= 0.3 is 0 Å². The first kappa shape index (κ1) is 15.7. The molecule has 1 aromatic carbocycles. The largest absolute Gasteiger partial charge is 0.287 e. The van der Waals surface area contributed by atoms with Crippen LogP contribution in [0.2, 0.25) is 0 Å². The van der Waals surface area contributed by atoms with Crippen molar-refractivity contribution in [3.8, 4) is 5.69 Å². The lowest BCUT2D eigenvalue weighted by molar-refractivity contribution is 0.627. The van der Waals surface area contributed by atoms with Gasteiger partial charge in [0.1, 0.15) is 4.47 Å². The van der Waals surface area contributed by atoms with Crippen molar-refractivity contribution in [1.82, 2.24) is 9.78 Å². The van der Waals surface area contributed by atoms with Crippen LogP contribution < -0.4 is 11.0 Å². The second kappa shape index (κ2) is 7.37. The summed E-state index contributed by atoms with van der Waals surface area (Å²) in [7, 11) is 0. The van der Waals surface area contributed by atoms with Gasteiger partial charge in [0.05, 0.1) is 17.6 Å². The second-order valence-electron chi connectivity index (χ2n) is 5.36. The number of allylic oxidation sites excluding steroid dienone is 2. The van der Waals surface area contributed by atoms with E-state index in [4.69, 9.17) is 0 Å². The SMILES string of the molecule is O=c1c(Br)c(NN=C[C@H]2CC=CCC2)cnn1-c1ccccc1. The zero-order valence-electron chi connectivity index (χ0n) is 12.5. The van der Waals surface area contributed by atoms with Gasteiger partial charge in [-0.15, -0.1) is 0 Å². The number of nitrogens with one attached hydrogen (secondary N) is 1. The maximum Gasteiger partial charge on any atom is 0.287 e. The summed E-state index contributed by atoms with van der Waals surface area (Å²) in [5.74, 6) is 0.448. The summed E-state index contributed by atoms with van der Waals surface area (Å²) in [5.41, 5.74) is 3.96. The summed E-state index contributed by atoms with van der Waals surface area (Å²) in [6.07, 6.45) is 11.1. The topological polar surface area (TPSA) is 59.3 Å². The van der Waals surface area contributed by atoms with E-state index in [9.17, 15) is 4.79 Å². The van der Waals surface area contributed by atoms with Crippen molar-refractivity contribution in [1.29, 1.82) is 0 Å². The Hall–Kier alpha value is -2.21. The van der Waals surface area contributed by atoms with Gasteiger partial charge in [-0.1, -0.05) is 30.4 Å². The number of rotatable bonds is 4. The maximum atomic E-state index is 12.4. The number of para-hydroxylation sites is 1. The van der Waals surface area contributed by atoms with Gasteiger partial charge < -0.3 is 0 Å². The first-order chi connectivity index (χ1) is 11.3. The number of anilines is 1. The van der Waals surface area contributed by atoms with E-state index in [-0.39, 0.29) is 5.56 Å². The van der Waals surface area contributed by atoms with Crippen LogP contribution in [0.5, 0.6) is 0 Å². The minimum Gasteiger partial charge on any atom is -0.276 e. The minimum atomic E-state index is -0.225. The highest BCUT2D eigenvalue weighted by molar-refractivity contribution is 9.10. The van der Waals surface area contributed by atoms with Gasteiger partial charge in [0.2, 0.25) is 0 Å². The lowest BCUT2D eigenvalue weighted by Gasteiger charge is -2.12. The molecule has 1 aromatic heterocycles. The first-order valence-electron chi connectivity index (χ1n) is 7.53. The monoisotopic (exact) mass is 372 g/mol. The van der Waals surface area contributed by atoms with Crippen LogP contribution >= 0.6 is 15.9 Å². The Morgan fingerprint density at radius 2 is 2.13 bits per heavy atom. The third-order valence-electron chi connectivity index (χ3n) is 3.70. The normalized spacial score (nSPS) is 17.5. The van der Waals surface area contributed by atoms with Crippen LogP contribution in [0, 0.1) is 5.92 Å². The molecule has 5 nitrogen and oxygen atoms in total. The first-order valence-corrected chi connectivity index (χ1v) is 8.32. The van der Waals surface area contributed by atoms with Gasteiger partial charge in [0.15, 0.2) is 0 Å². The predicted molar refractivity (Wildman–Crippen MR) is 96.1 cm³/mol. The second-order valence-corrected chi connectivity index (χ2v) is 6.15. The molecule has 118 valence electrons. The Balaban J connectivity index is 1.77. The molecule has 1 aliphatic rings. The Bertz CT molecular complexity index is 783. The minimum absolute atomic E-state index is 0.225. The van der Waals surface area contributed by atoms with E-state index in [1.165, 1.54) is 4.68 Å². The molecule has 0 bridgehead atoms. The molecule has 0 fully saturated rings. The molecule has 1 atom stereocenters. The molecule has 3 rings (SSSR count). The quantitative estimate of drug-likeness (QED) is 0.505. The van der Waals surface area contributed by atoms with E-state index in [0.717, 1.165) is 24.9 Å². The third-order valence-corrected chi connectivity index (χ3v) is 4.47.